The van der Waals surface area contributed by atoms with Gasteiger partial charge in [-0.15, -0.1) is 0 Å². The second-order valence-electron chi connectivity index (χ2n) is 21.5. The van der Waals surface area contributed by atoms with Gasteiger partial charge in [0.25, 0.3) is 0 Å². The molecule has 2 bridgehead atoms. The number of amides is 1. The number of hydrogen-bond acceptors (Lipinski definition) is 14. The number of esters is 4. The van der Waals surface area contributed by atoms with Crippen molar-refractivity contribution in [3.05, 3.63) is 81.4 Å². The maximum absolute atomic E-state index is 15.7. The van der Waals surface area contributed by atoms with Crippen LogP contribution in [0.5, 0.6) is 0 Å². The summed E-state index contributed by atoms with van der Waals surface area (Å²) >= 11 is 0. The number of carbonyl (C=O) groups is 6. The van der Waals surface area contributed by atoms with Gasteiger partial charge in [0, 0.05) is 43.6 Å². The van der Waals surface area contributed by atoms with Crippen LogP contribution in [0.1, 0.15) is 134 Å². The Bertz CT molecular complexity index is 2420. The van der Waals surface area contributed by atoms with E-state index in [1.54, 1.807) is 57.2 Å². The fourth-order valence-corrected chi connectivity index (χ4v) is 12.2. The summed E-state index contributed by atoms with van der Waals surface area (Å²) in [4.78, 5) is 85.4. The van der Waals surface area contributed by atoms with Crippen LogP contribution in [-0.2, 0) is 52.3 Å². The first-order valence-electron chi connectivity index (χ1n) is 23.7. The topological polar surface area (TPSA) is 199 Å². The third-order valence-corrected chi connectivity index (χ3v) is 17.0. The van der Waals surface area contributed by atoms with Crippen molar-refractivity contribution in [2.24, 2.45) is 28.1 Å². The molecule has 15 nitrogen and oxygen atoms in total. The van der Waals surface area contributed by atoms with Crippen LogP contribution in [0.2, 0.25) is 0 Å². The van der Waals surface area contributed by atoms with E-state index in [0.717, 1.165) is 16.7 Å². The zero-order valence-corrected chi connectivity index (χ0v) is 42.0. The maximum Gasteiger partial charge on any atom is 0.408 e. The number of ether oxygens (including phenoxy) is 7. The normalized spacial score (nSPS) is 31.8. The minimum Gasteiger partial charge on any atom is -0.456 e. The van der Waals surface area contributed by atoms with E-state index in [9.17, 15) is 29.1 Å². The van der Waals surface area contributed by atoms with Crippen LogP contribution in [0.15, 0.2) is 53.6 Å². The number of alkyl carbamates (subject to hydrolysis) is 1. The molecule has 0 aromatic heterocycles. The summed E-state index contributed by atoms with van der Waals surface area (Å²) in [5, 5.41) is 15.1. The molecule has 15 heteroatoms. The molecular formula is C53H69NO14. The molecule has 5 aliphatic rings. The van der Waals surface area contributed by atoms with Crippen molar-refractivity contribution in [1.29, 1.82) is 0 Å². The van der Waals surface area contributed by atoms with E-state index in [-0.39, 0.29) is 30.1 Å². The number of rotatable bonds is 12. The number of carbonyl (C=O) groups excluding carboxylic acids is 6. The number of Topliss-reactive ketones (excluding diaryl/α,β-unsaturated/α-hetero) is 1. The number of aryl methyl sites for hydroxylation is 1. The first-order valence-corrected chi connectivity index (χ1v) is 23.7. The fraction of sp³-hybridized carbons (Fsp3) is 0.623. The summed E-state index contributed by atoms with van der Waals surface area (Å²) < 4.78 is 44.5. The Hall–Kier alpha value is -5.12. The molecule has 4 aliphatic carbocycles. The largest absolute Gasteiger partial charge is 0.456 e. The van der Waals surface area contributed by atoms with E-state index in [1.165, 1.54) is 21.0 Å². The van der Waals surface area contributed by atoms with E-state index < -0.39 is 111 Å². The van der Waals surface area contributed by atoms with Crippen molar-refractivity contribution in [2.75, 3.05) is 13.7 Å². The molecule has 1 saturated heterocycles. The number of nitrogens with one attached hydrogen (secondary N) is 1. The Kier molecular flexibility index (Phi) is 13.2. The SMILES string of the molecule is CCC(C)(OC(=O)N[C@@H](c1ccc(C)c(C)c1C)[C@@H](O)C(=O)O[C@H]1CC2(OC)[C@@H](OC(=O)c3ccccc3)[C@@H]3[C@]4(OC(C)=O)CO[C@@H]4C[C@@H]4C[C@@]43C(=O)[C@H](OC(C)=O)C(=C1C)C2(C)C)C(C)(C)C. The predicted octanol–water partition coefficient (Wildman–Crippen LogP) is 7.47. The Labute approximate surface area is 399 Å². The molecule has 4 fully saturated rings. The van der Waals surface area contributed by atoms with E-state index >= 15 is 4.79 Å². The standard InChI is InChI=1S/C53H69NO14/c1-15-50(13,48(8,9)10)68-47(61)54-39(35-22-21-27(2)28(3)29(35)4)40(57)46(60)65-36-25-53(62-14)44(66-45(59)33-19-17-16-18-20-33)42-51(24-34(51)23-37-52(42,26-63-37)67-32(7)56)43(58)41(64-31(6)55)38(30(36)5)49(53,11)12/h16-22,34,36-37,39-42,44,57H,15,23-26H2,1-14H3,(H,54,61)/t34-,36+,37-,39+,40-,41-,42+,44+,50?,51-,52+,53?/m1/s1. The van der Waals surface area contributed by atoms with Crippen molar-refractivity contribution in [1.82, 2.24) is 5.32 Å². The van der Waals surface area contributed by atoms with Crippen LogP contribution < -0.4 is 5.32 Å². The Morgan fingerprint density at radius 2 is 1.56 bits per heavy atom. The molecule has 7 rings (SSSR count). The molecule has 68 heavy (non-hydrogen) atoms. The molecular weight excluding hydrogens is 875 g/mol. The Balaban J connectivity index is 1.38. The molecule has 2 N–H and O–H groups in total. The minimum absolute atomic E-state index is 0.115. The molecule has 2 aromatic carbocycles. The third-order valence-electron chi connectivity index (χ3n) is 17.0. The average molecular weight is 944 g/mol. The molecule has 370 valence electrons. The highest BCUT2D eigenvalue weighted by Gasteiger charge is 2.84. The highest BCUT2D eigenvalue weighted by atomic mass is 16.6. The summed E-state index contributed by atoms with van der Waals surface area (Å²) in [7, 11) is 1.43. The van der Waals surface area contributed by atoms with Crippen molar-refractivity contribution in [2.45, 2.75) is 169 Å². The highest BCUT2D eigenvalue weighted by Crippen LogP contribution is 2.75. The van der Waals surface area contributed by atoms with Gasteiger partial charge in [-0.1, -0.05) is 71.9 Å². The van der Waals surface area contributed by atoms with Crippen molar-refractivity contribution < 1.29 is 67.0 Å². The van der Waals surface area contributed by atoms with Gasteiger partial charge in [0.05, 0.1) is 24.1 Å². The van der Waals surface area contributed by atoms with Crippen molar-refractivity contribution in [3.63, 3.8) is 0 Å². The zero-order chi connectivity index (χ0) is 50.3. The van der Waals surface area contributed by atoms with Crippen molar-refractivity contribution in [3.8, 4) is 0 Å². The zero-order valence-electron chi connectivity index (χ0n) is 42.0. The molecule has 1 aliphatic heterocycles. The van der Waals surface area contributed by atoms with E-state index in [4.69, 9.17) is 33.2 Å². The maximum atomic E-state index is 15.7. The number of benzene rings is 2. The summed E-state index contributed by atoms with van der Waals surface area (Å²) in [6, 6.07) is 10.5. The first-order chi connectivity index (χ1) is 31.7. The van der Waals surface area contributed by atoms with Crippen molar-refractivity contribution >= 4 is 35.8 Å². The Morgan fingerprint density at radius 3 is 2.12 bits per heavy atom. The third kappa shape index (κ3) is 7.93. The molecule has 1 amide bonds. The summed E-state index contributed by atoms with van der Waals surface area (Å²) in [6.45, 7) is 22.9. The van der Waals surface area contributed by atoms with Crippen LogP contribution in [-0.4, -0.2) is 102 Å². The molecule has 0 radical (unpaired) electrons. The molecule has 1 spiro atoms. The van der Waals surface area contributed by atoms with E-state index in [0.29, 0.717) is 30.4 Å². The van der Waals surface area contributed by atoms with Gasteiger partial charge in [0.1, 0.15) is 29.5 Å². The molecule has 3 saturated carbocycles. The quantitative estimate of drug-likeness (QED) is 0.121. The number of aliphatic hydroxyl groups excluding tert-OH is 1. The lowest BCUT2D eigenvalue weighted by Gasteiger charge is -2.65. The van der Waals surface area contributed by atoms with Gasteiger partial charge >= 0.3 is 30.0 Å². The smallest absolute Gasteiger partial charge is 0.408 e. The highest BCUT2D eigenvalue weighted by molar-refractivity contribution is 5.97. The van der Waals surface area contributed by atoms with Gasteiger partial charge < -0.3 is 43.6 Å². The number of methoxy groups -OCH3 is 1. The number of aliphatic hydroxyl groups is 1. The van der Waals surface area contributed by atoms with Crippen LogP contribution in [0.25, 0.3) is 0 Å². The van der Waals surface area contributed by atoms with Gasteiger partial charge in [0.2, 0.25) is 0 Å². The number of hydrogen-bond donors (Lipinski definition) is 2. The van der Waals surface area contributed by atoms with Crippen LogP contribution >= 0.6 is 0 Å². The fourth-order valence-electron chi connectivity index (χ4n) is 12.2. The van der Waals surface area contributed by atoms with Gasteiger partial charge in [-0.05, 0) is 105 Å². The average Bonchev–Trinajstić information content (AvgIpc) is 3.99. The van der Waals surface area contributed by atoms with Crippen LogP contribution in [0.4, 0.5) is 4.79 Å². The molecule has 2 unspecified atom stereocenters. The molecule has 2 aromatic rings. The predicted molar refractivity (Wildman–Crippen MR) is 247 cm³/mol. The lowest BCUT2D eigenvalue weighted by Crippen LogP contribution is -2.78. The summed E-state index contributed by atoms with van der Waals surface area (Å²) in [5.41, 5.74) is -3.45. The number of ketones is 1. The van der Waals surface area contributed by atoms with Gasteiger partial charge in [-0.3, -0.25) is 14.4 Å². The van der Waals surface area contributed by atoms with Crippen LogP contribution in [0, 0.1) is 48.9 Å². The van der Waals surface area contributed by atoms with Crippen LogP contribution in [0.3, 0.4) is 0 Å². The lowest BCUT2D eigenvalue weighted by atomic mass is 9.48. The monoisotopic (exact) mass is 943 g/mol. The van der Waals surface area contributed by atoms with Gasteiger partial charge in [-0.2, -0.15) is 0 Å². The Morgan fingerprint density at radius 1 is 0.897 bits per heavy atom. The minimum atomic E-state index is -2.02. The van der Waals surface area contributed by atoms with Gasteiger partial charge in [-0.25, -0.2) is 14.4 Å². The summed E-state index contributed by atoms with van der Waals surface area (Å²) in [6.07, 6.45) is -6.85. The number of fused-ring (bicyclic) bond motifs is 4. The molecule has 1 heterocycles. The molecule has 12 atom stereocenters. The van der Waals surface area contributed by atoms with E-state index in [2.05, 4.69) is 5.32 Å². The summed E-state index contributed by atoms with van der Waals surface area (Å²) in [5.74, 6) is -5.16. The lowest BCUT2D eigenvalue weighted by molar-refractivity contribution is -0.325. The van der Waals surface area contributed by atoms with E-state index in [1.807, 2.05) is 61.5 Å². The first kappa shape index (κ1) is 50.7. The second-order valence-corrected chi connectivity index (χ2v) is 21.5. The second kappa shape index (κ2) is 17.7. The van der Waals surface area contributed by atoms with Gasteiger partial charge in [0.15, 0.2) is 23.6 Å².